The van der Waals surface area contributed by atoms with Crippen molar-refractivity contribution < 1.29 is 4.79 Å². The van der Waals surface area contributed by atoms with Gasteiger partial charge in [0.2, 0.25) is 5.91 Å². The Bertz CT molecular complexity index is 724. The number of aromatic nitrogens is 2. The molecule has 3 heterocycles. The Kier molecular flexibility index (Phi) is 4.54. The van der Waals surface area contributed by atoms with Gasteiger partial charge in [-0.1, -0.05) is 0 Å². The maximum Gasteiger partial charge on any atom is 0.262 e. The van der Waals surface area contributed by atoms with Crippen LogP contribution in [0.25, 0.3) is 10.2 Å². The zero-order valence-electron chi connectivity index (χ0n) is 12.5. The average molecular weight is 320 g/mol. The topological polar surface area (TPSA) is 76.0 Å². The molecule has 6 nitrogen and oxygen atoms in total. The third-order valence-electron chi connectivity index (χ3n) is 4.02. The van der Waals surface area contributed by atoms with E-state index in [4.69, 9.17) is 0 Å². The third kappa shape index (κ3) is 3.36. The highest BCUT2D eigenvalue weighted by Crippen LogP contribution is 2.13. The van der Waals surface area contributed by atoms with Crippen LogP contribution in [-0.2, 0) is 11.3 Å². The van der Waals surface area contributed by atoms with Crippen molar-refractivity contribution >= 4 is 27.5 Å². The van der Waals surface area contributed by atoms with Gasteiger partial charge in [0.15, 0.2) is 0 Å². The lowest BCUT2D eigenvalue weighted by Gasteiger charge is -2.28. The molecule has 1 aliphatic rings. The lowest BCUT2D eigenvalue weighted by molar-refractivity contribution is -0.122. The molecule has 2 unspecified atom stereocenters. The molecule has 1 fully saturated rings. The number of piperidine rings is 1. The normalized spacial score (nSPS) is 21.9. The fraction of sp³-hybridized carbons (Fsp3) is 0.533. The van der Waals surface area contributed by atoms with E-state index in [-0.39, 0.29) is 17.5 Å². The number of hydrogen-bond donors (Lipinski definition) is 2. The predicted octanol–water partition coefficient (Wildman–Crippen LogP) is 1.10. The Morgan fingerprint density at radius 3 is 3.27 bits per heavy atom. The minimum atomic E-state index is -0.0745. The summed E-state index contributed by atoms with van der Waals surface area (Å²) < 4.78 is 1.51. The van der Waals surface area contributed by atoms with Crippen LogP contribution in [0.4, 0.5) is 0 Å². The number of nitrogens with zero attached hydrogens (tertiary/aromatic N) is 2. The van der Waals surface area contributed by atoms with Crippen molar-refractivity contribution in [2.75, 3.05) is 6.54 Å². The number of carbonyl (C=O) groups excluding carboxylic acids is 1. The Labute approximate surface area is 132 Å². The summed E-state index contributed by atoms with van der Waals surface area (Å²) in [5.41, 5.74) is -0.0745. The van der Waals surface area contributed by atoms with E-state index in [2.05, 4.69) is 22.5 Å². The molecular formula is C15H20N4O2S. The Hall–Kier alpha value is -1.73. The quantitative estimate of drug-likeness (QED) is 0.885. The summed E-state index contributed by atoms with van der Waals surface area (Å²) in [6, 6.07) is 2.45. The fourth-order valence-electron chi connectivity index (χ4n) is 2.84. The van der Waals surface area contributed by atoms with Crippen LogP contribution in [0.5, 0.6) is 0 Å². The molecule has 22 heavy (non-hydrogen) atoms. The largest absolute Gasteiger partial charge is 0.353 e. The summed E-state index contributed by atoms with van der Waals surface area (Å²) in [6.07, 6.45) is 3.74. The molecule has 1 aliphatic heterocycles. The summed E-state index contributed by atoms with van der Waals surface area (Å²) in [5, 5.41) is 8.90. The monoisotopic (exact) mass is 320 g/mol. The third-order valence-corrected chi connectivity index (χ3v) is 4.84. The summed E-state index contributed by atoms with van der Waals surface area (Å²) in [5.74, 6) is -0.00332. The van der Waals surface area contributed by atoms with Crippen LogP contribution >= 0.6 is 11.3 Å². The van der Waals surface area contributed by atoms with Crippen LogP contribution < -0.4 is 16.2 Å². The number of hydrogen-bond acceptors (Lipinski definition) is 5. The number of fused-ring (bicyclic) bond motifs is 1. The molecule has 0 saturated carbocycles. The van der Waals surface area contributed by atoms with Gasteiger partial charge < -0.3 is 10.6 Å². The van der Waals surface area contributed by atoms with E-state index < -0.39 is 0 Å². The zero-order valence-corrected chi connectivity index (χ0v) is 13.4. The zero-order chi connectivity index (χ0) is 15.5. The summed E-state index contributed by atoms with van der Waals surface area (Å²) in [6.45, 7) is 3.42. The van der Waals surface area contributed by atoms with Crippen LogP contribution in [0.3, 0.4) is 0 Å². The number of rotatable bonds is 4. The molecule has 118 valence electrons. The van der Waals surface area contributed by atoms with E-state index in [0.29, 0.717) is 24.4 Å². The lowest BCUT2D eigenvalue weighted by atomic mass is 10.0. The molecule has 2 atom stereocenters. The molecule has 1 amide bonds. The smallest absolute Gasteiger partial charge is 0.262 e. The molecule has 2 aromatic rings. The summed E-state index contributed by atoms with van der Waals surface area (Å²) in [4.78, 5) is 29.3. The van der Waals surface area contributed by atoms with Crippen molar-refractivity contribution in [3.8, 4) is 0 Å². The van der Waals surface area contributed by atoms with E-state index in [9.17, 15) is 9.59 Å². The van der Waals surface area contributed by atoms with Gasteiger partial charge in [-0.2, -0.15) is 0 Å². The van der Waals surface area contributed by atoms with E-state index in [0.717, 1.165) is 24.2 Å². The summed E-state index contributed by atoms with van der Waals surface area (Å²) in [7, 11) is 0. The number of nitrogens with one attached hydrogen (secondary N) is 2. The highest BCUT2D eigenvalue weighted by atomic mass is 32.1. The SMILES string of the molecule is CC1CC(NC(=O)CCn2cnc3sccc3c2=O)CCN1. The van der Waals surface area contributed by atoms with Gasteiger partial charge in [0.1, 0.15) is 4.83 Å². The average Bonchev–Trinajstić information content (AvgIpc) is 2.96. The second-order valence-corrected chi connectivity index (χ2v) is 6.67. The van der Waals surface area contributed by atoms with Crippen molar-refractivity contribution in [1.82, 2.24) is 20.2 Å². The van der Waals surface area contributed by atoms with Gasteiger partial charge in [-0.3, -0.25) is 14.2 Å². The lowest BCUT2D eigenvalue weighted by Crippen LogP contribution is -2.46. The first-order chi connectivity index (χ1) is 10.6. The molecule has 1 saturated heterocycles. The number of aryl methyl sites for hydroxylation is 1. The van der Waals surface area contributed by atoms with Crippen molar-refractivity contribution in [1.29, 1.82) is 0 Å². The Morgan fingerprint density at radius 1 is 1.59 bits per heavy atom. The molecule has 2 N–H and O–H groups in total. The predicted molar refractivity (Wildman–Crippen MR) is 87.1 cm³/mol. The molecule has 0 radical (unpaired) electrons. The molecule has 0 aromatic carbocycles. The van der Waals surface area contributed by atoms with Crippen molar-refractivity contribution in [2.45, 2.75) is 44.8 Å². The van der Waals surface area contributed by atoms with Crippen molar-refractivity contribution in [3.63, 3.8) is 0 Å². The van der Waals surface area contributed by atoms with Crippen molar-refractivity contribution in [2.24, 2.45) is 0 Å². The number of amides is 1. The van der Waals surface area contributed by atoms with Crippen LogP contribution in [0.15, 0.2) is 22.6 Å². The van der Waals surface area contributed by atoms with Crippen molar-refractivity contribution in [3.05, 3.63) is 28.1 Å². The van der Waals surface area contributed by atoms with Gasteiger partial charge in [0, 0.05) is 25.0 Å². The Balaban J connectivity index is 1.58. The minimum absolute atomic E-state index is 0.00332. The van der Waals surface area contributed by atoms with Crippen LogP contribution in [0, 0.1) is 0 Å². The number of carbonyl (C=O) groups is 1. The standard InChI is InChI=1S/C15H20N4O2S/c1-10-8-11(2-5-16-10)18-13(20)3-6-19-9-17-14-12(15(19)21)4-7-22-14/h4,7,9-11,16H,2-3,5-6,8H2,1H3,(H,18,20). The van der Waals surface area contributed by atoms with E-state index in [1.165, 1.54) is 22.2 Å². The van der Waals surface area contributed by atoms with Gasteiger partial charge in [-0.25, -0.2) is 4.98 Å². The van der Waals surface area contributed by atoms with Gasteiger partial charge in [-0.15, -0.1) is 11.3 Å². The second kappa shape index (κ2) is 6.58. The summed E-state index contributed by atoms with van der Waals surface area (Å²) >= 11 is 1.45. The van der Waals surface area contributed by atoms with E-state index in [1.54, 1.807) is 6.07 Å². The maximum atomic E-state index is 12.2. The molecule has 7 heteroatoms. The van der Waals surface area contributed by atoms with Crippen LogP contribution in [0.1, 0.15) is 26.2 Å². The molecule has 2 aromatic heterocycles. The first-order valence-corrected chi connectivity index (χ1v) is 8.47. The van der Waals surface area contributed by atoms with Crippen LogP contribution in [0.2, 0.25) is 0 Å². The Morgan fingerprint density at radius 2 is 2.45 bits per heavy atom. The number of thiophene rings is 1. The molecular weight excluding hydrogens is 300 g/mol. The van der Waals surface area contributed by atoms with E-state index in [1.807, 2.05) is 5.38 Å². The highest BCUT2D eigenvalue weighted by molar-refractivity contribution is 7.16. The van der Waals surface area contributed by atoms with Gasteiger partial charge in [0.25, 0.3) is 5.56 Å². The highest BCUT2D eigenvalue weighted by Gasteiger charge is 2.19. The second-order valence-electron chi connectivity index (χ2n) is 5.78. The van der Waals surface area contributed by atoms with E-state index >= 15 is 0 Å². The van der Waals surface area contributed by atoms with Gasteiger partial charge in [-0.05, 0) is 37.8 Å². The molecule has 0 spiro atoms. The van der Waals surface area contributed by atoms with Crippen LogP contribution in [-0.4, -0.2) is 34.1 Å². The molecule has 0 bridgehead atoms. The maximum absolute atomic E-state index is 12.2. The first kappa shape index (κ1) is 15.2. The van der Waals surface area contributed by atoms with Gasteiger partial charge >= 0.3 is 0 Å². The first-order valence-electron chi connectivity index (χ1n) is 7.59. The minimum Gasteiger partial charge on any atom is -0.353 e. The fourth-order valence-corrected chi connectivity index (χ4v) is 3.56. The molecule has 0 aliphatic carbocycles. The van der Waals surface area contributed by atoms with Gasteiger partial charge in [0.05, 0.1) is 11.7 Å². The molecule has 3 rings (SSSR count).